The van der Waals surface area contributed by atoms with Gasteiger partial charge in [0, 0.05) is 18.7 Å². The molecule has 2 amide bonds. The van der Waals surface area contributed by atoms with Crippen LogP contribution in [0.1, 0.15) is 40.5 Å². The SMILES string of the molecule is CCOc1ccc(C(=O)Nc2ccccc2C(=O)NC[C@@H]2CCCO2)cc1Cl. The van der Waals surface area contributed by atoms with Gasteiger partial charge in [0.05, 0.1) is 29.0 Å². The summed E-state index contributed by atoms with van der Waals surface area (Å²) in [5.41, 5.74) is 1.20. The van der Waals surface area contributed by atoms with Gasteiger partial charge in [-0.2, -0.15) is 0 Å². The van der Waals surface area contributed by atoms with E-state index in [-0.39, 0.29) is 17.9 Å². The molecule has 1 heterocycles. The van der Waals surface area contributed by atoms with Crippen LogP contribution in [0.3, 0.4) is 0 Å². The minimum atomic E-state index is -0.357. The van der Waals surface area contributed by atoms with Gasteiger partial charge in [0.15, 0.2) is 0 Å². The van der Waals surface area contributed by atoms with Crippen LogP contribution in [-0.2, 0) is 4.74 Å². The molecular formula is C21H23ClN2O4. The number of hydrogen-bond donors (Lipinski definition) is 2. The number of ether oxygens (including phenoxy) is 2. The molecule has 7 heteroatoms. The molecule has 0 aliphatic carbocycles. The van der Waals surface area contributed by atoms with Crippen LogP contribution in [0.15, 0.2) is 42.5 Å². The fraction of sp³-hybridized carbons (Fsp3) is 0.333. The van der Waals surface area contributed by atoms with Crippen molar-refractivity contribution < 1.29 is 19.1 Å². The normalized spacial score (nSPS) is 15.9. The lowest BCUT2D eigenvalue weighted by Crippen LogP contribution is -2.32. The van der Waals surface area contributed by atoms with E-state index in [4.69, 9.17) is 21.1 Å². The molecule has 148 valence electrons. The van der Waals surface area contributed by atoms with Gasteiger partial charge in [-0.3, -0.25) is 9.59 Å². The standard InChI is InChI=1S/C21H23ClN2O4/c1-2-27-19-10-9-14(12-17(19)22)20(25)24-18-8-4-3-7-16(18)21(26)23-13-15-6-5-11-28-15/h3-4,7-10,12,15H,2,5-6,11,13H2,1H3,(H,23,26)(H,24,25)/t15-/m0/s1. The Bertz CT molecular complexity index is 850. The van der Waals surface area contributed by atoms with Crippen LogP contribution in [0.2, 0.25) is 5.02 Å². The van der Waals surface area contributed by atoms with Gasteiger partial charge in [0.25, 0.3) is 11.8 Å². The van der Waals surface area contributed by atoms with Gasteiger partial charge in [-0.25, -0.2) is 0 Å². The Morgan fingerprint density at radius 1 is 1.21 bits per heavy atom. The zero-order valence-corrected chi connectivity index (χ0v) is 16.4. The maximum Gasteiger partial charge on any atom is 0.255 e. The summed E-state index contributed by atoms with van der Waals surface area (Å²) in [6.45, 7) is 3.53. The smallest absolute Gasteiger partial charge is 0.255 e. The Morgan fingerprint density at radius 2 is 2.04 bits per heavy atom. The average molecular weight is 403 g/mol. The second kappa shape index (κ2) is 9.57. The van der Waals surface area contributed by atoms with Crippen molar-refractivity contribution in [3.8, 4) is 5.75 Å². The summed E-state index contributed by atoms with van der Waals surface area (Å²) in [6, 6.07) is 11.7. The monoisotopic (exact) mass is 402 g/mol. The number of rotatable bonds is 7. The van der Waals surface area contributed by atoms with Gasteiger partial charge < -0.3 is 20.1 Å². The molecule has 0 aromatic heterocycles. The van der Waals surface area contributed by atoms with Gasteiger partial charge in [0.2, 0.25) is 0 Å². The van der Waals surface area contributed by atoms with Crippen molar-refractivity contribution >= 4 is 29.1 Å². The number of nitrogens with one attached hydrogen (secondary N) is 2. The molecule has 0 radical (unpaired) electrons. The maximum absolute atomic E-state index is 12.6. The average Bonchev–Trinajstić information content (AvgIpc) is 3.22. The van der Waals surface area contributed by atoms with E-state index >= 15 is 0 Å². The molecule has 0 unspecified atom stereocenters. The number of halogens is 1. The highest BCUT2D eigenvalue weighted by atomic mass is 35.5. The molecule has 1 saturated heterocycles. The predicted octanol–water partition coefficient (Wildman–Crippen LogP) is 3.90. The second-order valence-corrected chi connectivity index (χ2v) is 6.83. The number of para-hydroxylation sites is 1. The zero-order chi connectivity index (χ0) is 19.9. The summed E-state index contributed by atoms with van der Waals surface area (Å²) in [4.78, 5) is 25.2. The van der Waals surface area contributed by atoms with E-state index < -0.39 is 0 Å². The fourth-order valence-electron chi connectivity index (χ4n) is 3.01. The van der Waals surface area contributed by atoms with Crippen LogP contribution in [0.25, 0.3) is 0 Å². The topological polar surface area (TPSA) is 76.7 Å². The van der Waals surface area contributed by atoms with E-state index in [9.17, 15) is 9.59 Å². The van der Waals surface area contributed by atoms with Crippen molar-refractivity contribution in [3.63, 3.8) is 0 Å². The van der Waals surface area contributed by atoms with E-state index in [2.05, 4.69) is 10.6 Å². The van der Waals surface area contributed by atoms with Crippen molar-refractivity contribution in [2.75, 3.05) is 25.1 Å². The van der Waals surface area contributed by atoms with Crippen molar-refractivity contribution in [3.05, 3.63) is 58.6 Å². The highest BCUT2D eigenvalue weighted by Crippen LogP contribution is 2.26. The number of anilines is 1. The molecule has 2 aromatic rings. The van der Waals surface area contributed by atoms with Gasteiger partial charge in [-0.15, -0.1) is 0 Å². The second-order valence-electron chi connectivity index (χ2n) is 6.42. The van der Waals surface area contributed by atoms with Crippen LogP contribution in [0.5, 0.6) is 5.75 Å². The number of amides is 2. The summed E-state index contributed by atoms with van der Waals surface area (Å²) in [5, 5.41) is 6.01. The van der Waals surface area contributed by atoms with E-state index in [1.165, 1.54) is 0 Å². The maximum atomic E-state index is 12.6. The van der Waals surface area contributed by atoms with Crippen LogP contribution in [0, 0.1) is 0 Å². The first-order valence-electron chi connectivity index (χ1n) is 9.31. The van der Waals surface area contributed by atoms with Crippen LogP contribution >= 0.6 is 11.6 Å². The first kappa shape index (κ1) is 20.2. The van der Waals surface area contributed by atoms with Gasteiger partial charge >= 0.3 is 0 Å². The third kappa shape index (κ3) is 5.03. The third-order valence-corrected chi connectivity index (χ3v) is 4.72. The summed E-state index contributed by atoms with van der Waals surface area (Å²) >= 11 is 6.16. The van der Waals surface area contributed by atoms with Crippen molar-refractivity contribution in [1.29, 1.82) is 0 Å². The Kier molecular flexibility index (Phi) is 6.90. The molecule has 6 nitrogen and oxygen atoms in total. The molecule has 1 aliphatic rings. The summed E-state index contributed by atoms with van der Waals surface area (Å²) < 4.78 is 10.9. The third-order valence-electron chi connectivity index (χ3n) is 4.43. The summed E-state index contributed by atoms with van der Waals surface area (Å²) in [5.74, 6) is -0.0879. The molecule has 0 saturated carbocycles. The number of benzene rings is 2. The van der Waals surface area contributed by atoms with Crippen molar-refractivity contribution in [2.24, 2.45) is 0 Å². The first-order chi connectivity index (χ1) is 13.6. The molecule has 1 atom stereocenters. The Balaban J connectivity index is 1.69. The Labute approximate surface area is 169 Å². The van der Waals surface area contributed by atoms with Gasteiger partial charge in [-0.1, -0.05) is 23.7 Å². The molecular weight excluding hydrogens is 380 g/mol. The van der Waals surface area contributed by atoms with Gasteiger partial charge in [0.1, 0.15) is 5.75 Å². The molecule has 0 spiro atoms. The van der Waals surface area contributed by atoms with Crippen LogP contribution < -0.4 is 15.4 Å². The summed E-state index contributed by atoms with van der Waals surface area (Å²) in [7, 11) is 0. The number of carbonyl (C=O) groups is 2. The minimum Gasteiger partial charge on any atom is -0.492 e. The van der Waals surface area contributed by atoms with Crippen LogP contribution in [-0.4, -0.2) is 37.7 Å². The lowest BCUT2D eigenvalue weighted by atomic mass is 10.1. The van der Waals surface area contributed by atoms with E-state index in [0.29, 0.717) is 40.7 Å². The predicted molar refractivity (Wildman–Crippen MR) is 108 cm³/mol. The van der Waals surface area contributed by atoms with Crippen molar-refractivity contribution in [1.82, 2.24) is 5.32 Å². The molecule has 3 rings (SSSR count). The Morgan fingerprint density at radius 3 is 2.75 bits per heavy atom. The van der Waals surface area contributed by atoms with E-state index in [1.807, 2.05) is 6.92 Å². The highest BCUT2D eigenvalue weighted by Gasteiger charge is 2.19. The number of hydrogen-bond acceptors (Lipinski definition) is 4. The molecule has 1 aliphatic heterocycles. The lowest BCUT2D eigenvalue weighted by Gasteiger charge is -2.14. The summed E-state index contributed by atoms with van der Waals surface area (Å²) in [6.07, 6.45) is 2.01. The van der Waals surface area contributed by atoms with Crippen LogP contribution in [0.4, 0.5) is 5.69 Å². The quantitative estimate of drug-likeness (QED) is 0.736. The van der Waals surface area contributed by atoms with E-state index in [1.54, 1.807) is 42.5 Å². The van der Waals surface area contributed by atoms with E-state index in [0.717, 1.165) is 19.4 Å². The molecule has 2 N–H and O–H groups in total. The highest BCUT2D eigenvalue weighted by molar-refractivity contribution is 6.32. The Hall–Kier alpha value is -2.57. The molecule has 2 aromatic carbocycles. The minimum absolute atomic E-state index is 0.0525. The molecule has 28 heavy (non-hydrogen) atoms. The van der Waals surface area contributed by atoms with Crippen molar-refractivity contribution in [2.45, 2.75) is 25.9 Å². The zero-order valence-electron chi connectivity index (χ0n) is 15.7. The largest absolute Gasteiger partial charge is 0.492 e. The molecule has 0 bridgehead atoms. The molecule has 1 fully saturated rings. The van der Waals surface area contributed by atoms with Gasteiger partial charge in [-0.05, 0) is 50.1 Å². The first-order valence-corrected chi connectivity index (χ1v) is 9.68. The lowest BCUT2D eigenvalue weighted by molar-refractivity contribution is 0.0858. The fourth-order valence-corrected chi connectivity index (χ4v) is 3.24. The number of carbonyl (C=O) groups excluding carboxylic acids is 2.